The van der Waals surface area contributed by atoms with Crippen molar-refractivity contribution >= 4 is 0 Å². The minimum absolute atomic E-state index is 0.281. The number of phenolic OH excluding ortho intramolecular Hbond substituents is 1. The molecule has 17 heavy (non-hydrogen) atoms. The van der Waals surface area contributed by atoms with Gasteiger partial charge in [0.25, 0.3) is 0 Å². The first-order valence-corrected chi connectivity index (χ1v) is 5.80. The summed E-state index contributed by atoms with van der Waals surface area (Å²) in [5.74, 6) is 0.281. The van der Waals surface area contributed by atoms with E-state index in [4.69, 9.17) is 0 Å². The average Bonchev–Trinajstić information content (AvgIpc) is 2.80. The summed E-state index contributed by atoms with van der Waals surface area (Å²) in [4.78, 5) is 0. The number of benzene rings is 1. The van der Waals surface area contributed by atoms with Gasteiger partial charge in [-0.15, -0.1) is 0 Å². The Morgan fingerprint density at radius 3 is 2.53 bits per heavy atom. The summed E-state index contributed by atoms with van der Waals surface area (Å²) >= 11 is 0. The number of hydrogen-bond donors (Lipinski definition) is 2. The number of hydrogen-bond acceptors (Lipinski definition) is 2. The molecule has 1 unspecified atom stereocenters. The molecule has 90 valence electrons. The first-order chi connectivity index (χ1) is 8.19. The van der Waals surface area contributed by atoms with Crippen molar-refractivity contribution < 1.29 is 10.2 Å². The Labute approximate surface area is 101 Å². The fourth-order valence-electron chi connectivity index (χ4n) is 1.80. The van der Waals surface area contributed by atoms with Gasteiger partial charge in [0.2, 0.25) is 0 Å². The maximum absolute atomic E-state index is 9.70. The van der Waals surface area contributed by atoms with Gasteiger partial charge < -0.3 is 14.8 Å². The molecule has 3 heteroatoms. The monoisotopic (exact) mass is 231 g/mol. The van der Waals surface area contributed by atoms with Gasteiger partial charge in [-0.05, 0) is 35.7 Å². The second-order valence-electron chi connectivity index (χ2n) is 4.21. The standard InChI is InChI=1S/C14H17NO2/c1-2-14(17)12-7-8-15(10-12)9-11-3-5-13(16)6-4-11/h3-8,10,14,16-17H,2,9H2,1H3. The maximum Gasteiger partial charge on any atom is 0.115 e. The maximum atomic E-state index is 9.70. The fraction of sp³-hybridized carbons (Fsp3) is 0.286. The fourth-order valence-corrected chi connectivity index (χ4v) is 1.80. The van der Waals surface area contributed by atoms with Crippen molar-refractivity contribution in [1.29, 1.82) is 0 Å². The summed E-state index contributed by atoms with van der Waals surface area (Å²) in [7, 11) is 0. The number of aliphatic hydroxyl groups is 1. The van der Waals surface area contributed by atoms with Crippen LogP contribution in [0.4, 0.5) is 0 Å². The highest BCUT2D eigenvalue weighted by Gasteiger charge is 2.06. The Balaban J connectivity index is 2.08. The van der Waals surface area contributed by atoms with Gasteiger partial charge in [-0.1, -0.05) is 19.1 Å². The third-order valence-electron chi connectivity index (χ3n) is 2.85. The lowest BCUT2D eigenvalue weighted by molar-refractivity contribution is 0.173. The molecule has 2 rings (SSSR count). The van der Waals surface area contributed by atoms with Crippen LogP contribution in [-0.4, -0.2) is 14.8 Å². The van der Waals surface area contributed by atoms with Crippen molar-refractivity contribution in [2.24, 2.45) is 0 Å². The summed E-state index contributed by atoms with van der Waals surface area (Å²) in [5.41, 5.74) is 2.07. The lowest BCUT2D eigenvalue weighted by atomic mass is 10.1. The molecule has 2 aromatic rings. The molecule has 0 spiro atoms. The highest BCUT2D eigenvalue weighted by Crippen LogP contribution is 2.17. The molecule has 0 aliphatic carbocycles. The molecular weight excluding hydrogens is 214 g/mol. The molecule has 0 amide bonds. The summed E-state index contributed by atoms with van der Waals surface area (Å²) < 4.78 is 2.03. The van der Waals surface area contributed by atoms with Gasteiger partial charge >= 0.3 is 0 Å². The summed E-state index contributed by atoms with van der Waals surface area (Å²) in [6, 6.07) is 9.09. The molecule has 0 fully saturated rings. The number of aromatic hydroxyl groups is 1. The van der Waals surface area contributed by atoms with Crippen LogP contribution < -0.4 is 0 Å². The minimum Gasteiger partial charge on any atom is -0.508 e. The zero-order valence-corrected chi connectivity index (χ0v) is 9.87. The van der Waals surface area contributed by atoms with Crippen LogP contribution in [0.1, 0.15) is 30.6 Å². The number of phenols is 1. The SMILES string of the molecule is CCC(O)c1ccn(Cc2ccc(O)cc2)c1. The number of nitrogens with zero attached hydrogens (tertiary/aromatic N) is 1. The van der Waals surface area contributed by atoms with Crippen LogP contribution in [0, 0.1) is 0 Å². The number of aromatic nitrogens is 1. The van der Waals surface area contributed by atoms with E-state index in [0.29, 0.717) is 0 Å². The van der Waals surface area contributed by atoms with Crippen molar-refractivity contribution in [2.45, 2.75) is 26.0 Å². The summed E-state index contributed by atoms with van der Waals surface area (Å²) in [5, 5.41) is 18.9. The first-order valence-electron chi connectivity index (χ1n) is 5.80. The molecule has 0 saturated heterocycles. The van der Waals surface area contributed by atoms with Gasteiger partial charge in [0, 0.05) is 18.9 Å². The summed E-state index contributed by atoms with van der Waals surface area (Å²) in [6.45, 7) is 2.71. The molecule has 2 N–H and O–H groups in total. The van der Waals surface area contributed by atoms with Crippen molar-refractivity contribution in [3.63, 3.8) is 0 Å². The predicted octanol–water partition coefficient (Wildman–Crippen LogP) is 2.69. The Morgan fingerprint density at radius 2 is 1.88 bits per heavy atom. The van der Waals surface area contributed by atoms with Crippen LogP contribution in [0.3, 0.4) is 0 Å². The van der Waals surface area contributed by atoms with Gasteiger partial charge in [-0.2, -0.15) is 0 Å². The van der Waals surface area contributed by atoms with E-state index in [1.54, 1.807) is 12.1 Å². The van der Waals surface area contributed by atoms with Crippen LogP contribution >= 0.6 is 0 Å². The number of rotatable bonds is 4. The largest absolute Gasteiger partial charge is 0.508 e. The topological polar surface area (TPSA) is 45.4 Å². The molecule has 1 aromatic heterocycles. The highest BCUT2D eigenvalue weighted by atomic mass is 16.3. The van der Waals surface area contributed by atoms with E-state index >= 15 is 0 Å². The molecule has 0 aliphatic heterocycles. The summed E-state index contributed by atoms with van der Waals surface area (Å²) in [6.07, 6.45) is 4.27. The minimum atomic E-state index is -0.379. The van der Waals surface area contributed by atoms with E-state index in [0.717, 1.165) is 24.1 Å². The van der Waals surface area contributed by atoms with E-state index in [1.165, 1.54) is 0 Å². The molecule has 0 bridgehead atoms. The van der Waals surface area contributed by atoms with Crippen molar-refractivity contribution in [2.75, 3.05) is 0 Å². The Hall–Kier alpha value is -1.74. The second-order valence-corrected chi connectivity index (χ2v) is 4.21. The third kappa shape index (κ3) is 2.88. The van der Waals surface area contributed by atoms with Crippen molar-refractivity contribution in [3.8, 4) is 5.75 Å². The Morgan fingerprint density at radius 1 is 1.18 bits per heavy atom. The van der Waals surface area contributed by atoms with E-state index in [1.807, 2.05) is 42.1 Å². The second kappa shape index (κ2) is 5.06. The van der Waals surface area contributed by atoms with E-state index < -0.39 is 0 Å². The van der Waals surface area contributed by atoms with Crippen molar-refractivity contribution in [1.82, 2.24) is 4.57 Å². The Bertz CT molecular complexity index is 473. The zero-order valence-electron chi connectivity index (χ0n) is 9.87. The molecule has 1 atom stereocenters. The third-order valence-corrected chi connectivity index (χ3v) is 2.85. The normalized spacial score (nSPS) is 12.6. The molecule has 3 nitrogen and oxygen atoms in total. The lowest BCUT2D eigenvalue weighted by Crippen LogP contribution is -1.97. The average molecular weight is 231 g/mol. The van der Waals surface area contributed by atoms with Crippen LogP contribution in [0.5, 0.6) is 5.75 Å². The van der Waals surface area contributed by atoms with Gasteiger partial charge in [0.15, 0.2) is 0 Å². The molecule has 1 heterocycles. The van der Waals surface area contributed by atoms with Gasteiger partial charge in [-0.3, -0.25) is 0 Å². The van der Waals surface area contributed by atoms with Crippen LogP contribution in [0.25, 0.3) is 0 Å². The Kier molecular flexibility index (Phi) is 3.49. The molecular formula is C14H17NO2. The first kappa shape index (κ1) is 11.7. The molecule has 0 saturated carbocycles. The molecule has 0 aliphatic rings. The van der Waals surface area contributed by atoms with E-state index in [9.17, 15) is 10.2 Å². The van der Waals surface area contributed by atoms with E-state index in [-0.39, 0.29) is 11.9 Å². The number of aliphatic hydroxyl groups excluding tert-OH is 1. The lowest BCUT2D eigenvalue weighted by Gasteiger charge is -2.05. The van der Waals surface area contributed by atoms with Crippen LogP contribution in [0.15, 0.2) is 42.7 Å². The van der Waals surface area contributed by atoms with Gasteiger partial charge in [0.1, 0.15) is 5.75 Å². The van der Waals surface area contributed by atoms with Crippen LogP contribution in [0.2, 0.25) is 0 Å². The van der Waals surface area contributed by atoms with E-state index in [2.05, 4.69) is 0 Å². The van der Waals surface area contributed by atoms with Gasteiger partial charge in [-0.25, -0.2) is 0 Å². The molecule has 0 radical (unpaired) electrons. The zero-order chi connectivity index (χ0) is 12.3. The smallest absolute Gasteiger partial charge is 0.115 e. The van der Waals surface area contributed by atoms with Crippen molar-refractivity contribution in [3.05, 3.63) is 53.9 Å². The molecule has 1 aromatic carbocycles. The predicted molar refractivity (Wildman–Crippen MR) is 66.9 cm³/mol. The quantitative estimate of drug-likeness (QED) is 0.849. The van der Waals surface area contributed by atoms with Gasteiger partial charge in [0.05, 0.1) is 6.10 Å². The highest BCUT2D eigenvalue weighted by molar-refractivity contribution is 5.26. The van der Waals surface area contributed by atoms with Crippen LogP contribution in [-0.2, 0) is 6.54 Å².